The van der Waals surface area contributed by atoms with Crippen LogP contribution in [0.25, 0.3) is 0 Å². The van der Waals surface area contributed by atoms with Crippen molar-refractivity contribution in [3.05, 3.63) is 12.3 Å². The Balaban J connectivity index is 1.73. The van der Waals surface area contributed by atoms with Crippen LogP contribution < -0.4 is 9.62 Å². The lowest BCUT2D eigenvalue weighted by molar-refractivity contribution is -0.121. The Kier molecular flexibility index (Phi) is 5.69. The van der Waals surface area contributed by atoms with E-state index in [4.69, 9.17) is 0 Å². The number of carbonyl (C=O) groups excluding carboxylic acids is 1. The molecule has 0 radical (unpaired) electrons. The molecule has 2 aliphatic rings. The van der Waals surface area contributed by atoms with Crippen LogP contribution in [0.15, 0.2) is 12.3 Å². The molecule has 26 heavy (non-hydrogen) atoms. The molecule has 1 N–H and O–H groups in total. The van der Waals surface area contributed by atoms with E-state index in [0.29, 0.717) is 44.4 Å². The molecule has 0 saturated carbocycles. The zero-order valence-corrected chi connectivity index (χ0v) is 16.6. The maximum atomic E-state index is 12.9. The Hall–Kier alpha value is -1.45. The lowest BCUT2D eigenvalue weighted by atomic mass is 9.94. The Morgan fingerprint density at radius 1 is 1.27 bits per heavy atom. The molecule has 0 spiro atoms. The fourth-order valence-corrected chi connectivity index (χ4v) is 5.70. The number of piperidine rings is 2. The molecule has 0 bridgehead atoms. The number of aryl methyl sites for hydroxylation is 1. The highest BCUT2D eigenvalue weighted by Gasteiger charge is 2.37. The van der Waals surface area contributed by atoms with Gasteiger partial charge in [-0.25, -0.2) is 4.68 Å². The molecule has 0 aromatic carbocycles. The highest BCUT2D eigenvalue weighted by atomic mass is 32.2. The average molecular weight is 384 g/mol. The zero-order chi connectivity index (χ0) is 18.9. The van der Waals surface area contributed by atoms with Crippen LogP contribution in [0.4, 0.5) is 5.82 Å². The van der Waals surface area contributed by atoms with Crippen molar-refractivity contribution >= 4 is 21.9 Å². The van der Waals surface area contributed by atoms with Crippen LogP contribution in [0.2, 0.25) is 0 Å². The first kappa shape index (κ1) is 19.3. The SMILES string of the molecule is CCn1nccc1N1CCC[C@H](NS(=O)(=O)N2C[C@H](C)C[C@H](C)C2)C1=O. The van der Waals surface area contributed by atoms with Gasteiger partial charge in [0.2, 0.25) is 5.91 Å². The summed E-state index contributed by atoms with van der Waals surface area (Å²) in [6, 6.07) is 1.08. The van der Waals surface area contributed by atoms with Gasteiger partial charge in [-0.1, -0.05) is 13.8 Å². The van der Waals surface area contributed by atoms with Crippen LogP contribution in [0, 0.1) is 11.8 Å². The van der Waals surface area contributed by atoms with E-state index in [1.807, 2.05) is 6.92 Å². The first-order valence-electron chi connectivity index (χ1n) is 9.42. The van der Waals surface area contributed by atoms with E-state index in [9.17, 15) is 13.2 Å². The summed E-state index contributed by atoms with van der Waals surface area (Å²) < 4.78 is 31.6. The lowest BCUT2D eigenvalue weighted by Gasteiger charge is -2.37. The first-order chi connectivity index (χ1) is 12.3. The van der Waals surface area contributed by atoms with Gasteiger partial charge in [0.25, 0.3) is 10.2 Å². The van der Waals surface area contributed by atoms with Crippen molar-refractivity contribution in [2.75, 3.05) is 24.5 Å². The van der Waals surface area contributed by atoms with Gasteiger partial charge in [-0.3, -0.25) is 9.69 Å². The zero-order valence-electron chi connectivity index (χ0n) is 15.8. The quantitative estimate of drug-likeness (QED) is 0.828. The minimum atomic E-state index is -3.68. The molecule has 146 valence electrons. The van der Waals surface area contributed by atoms with Gasteiger partial charge in [0.05, 0.1) is 6.20 Å². The summed E-state index contributed by atoms with van der Waals surface area (Å²) in [6.07, 6.45) is 3.97. The minimum Gasteiger partial charge on any atom is -0.296 e. The molecular formula is C17H29N5O3S. The van der Waals surface area contributed by atoms with E-state index in [1.165, 1.54) is 4.31 Å². The van der Waals surface area contributed by atoms with E-state index in [0.717, 1.165) is 18.7 Å². The number of nitrogens with zero attached hydrogens (tertiary/aromatic N) is 4. The highest BCUT2D eigenvalue weighted by molar-refractivity contribution is 7.87. The van der Waals surface area contributed by atoms with Gasteiger partial charge in [0.15, 0.2) is 0 Å². The molecule has 1 aromatic heterocycles. The van der Waals surface area contributed by atoms with Crippen molar-refractivity contribution in [3.8, 4) is 0 Å². The van der Waals surface area contributed by atoms with E-state index >= 15 is 0 Å². The second-order valence-corrected chi connectivity index (χ2v) is 9.28. The first-order valence-corrected chi connectivity index (χ1v) is 10.9. The normalized spacial score (nSPS) is 28.5. The average Bonchev–Trinajstić information content (AvgIpc) is 3.04. The number of hydrogen-bond donors (Lipinski definition) is 1. The lowest BCUT2D eigenvalue weighted by Crippen LogP contribution is -2.57. The third-order valence-corrected chi connectivity index (χ3v) is 6.74. The molecule has 2 aliphatic heterocycles. The molecule has 0 aliphatic carbocycles. The van der Waals surface area contributed by atoms with E-state index < -0.39 is 16.3 Å². The van der Waals surface area contributed by atoms with Crippen LogP contribution in [-0.4, -0.2) is 54.1 Å². The van der Waals surface area contributed by atoms with Crippen LogP contribution >= 0.6 is 0 Å². The maximum Gasteiger partial charge on any atom is 0.280 e. The largest absolute Gasteiger partial charge is 0.296 e. The fourth-order valence-electron chi connectivity index (χ4n) is 4.07. The third kappa shape index (κ3) is 3.94. The van der Waals surface area contributed by atoms with Crippen LogP contribution in [0.1, 0.15) is 40.0 Å². The summed E-state index contributed by atoms with van der Waals surface area (Å²) in [5, 5.41) is 4.21. The summed E-state index contributed by atoms with van der Waals surface area (Å²) >= 11 is 0. The van der Waals surface area contributed by atoms with E-state index in [2.05, 4.69) is 23.7 Å². The number of hydrogen-bond acceptors (Lipinski definition) is 4. The number of carbonyl (C=O) groups is 1. The van der Waals surface area contributed by atoms with Crippen LogP contribution in [0.3, 0.4) is 0 Å². The number of amides is 1. The van der Waals surface area contributed by atoms with Crippen molar-refractivity contribution in [2.24, 2.45) is 11.8 Å². The smallest absolute Gasteiger partial charge is 0.280 e. The minimum absolute atomic E-state index is 0.201. The summed E-state index contributed by atoms with van der Waals surface area (Å²) in [6.45, 7) is 8.35. The van der Waals surface area contributed by atoms with Crippen molar-refractivity contribution < 1.29 is 13.2 Å². The predicted molar refractivity (Wildman–Crippen MR) is 99.8 cm³/mol. The number of anilines is 1. The molecule has 3 rings (SSSR count). The Morgan fingerprint density at radius 3 is 2.62 bits per heavy atom. The van der Waals surface area contributed by atoms with Gasteiger partial charge in [-0.05, 0) is 38.0 Å². The molecule has 0 unspecified atom stereocenters. The van der Waals surface area contributed by atoms with Crippen LogP contribution in [-0.2, 0) is 21.5 Å². The van der Waals surface area contributed by atoms with Gasteiger partial charge in [0, 0.05) is 32.2 Å². The topological polar surface area (TPSA) is 87.5 Å². The molecule has 8 nitrogen and oxygen atoms in total. The Morgan fingerprint density at radius 2 is 1.96 bits per heavy atom. The van der Waals surface area contributed by atoms with E-state index in [-0.39, 0.29) is 5.91 Å². The highest BCUT2D eigenvalue weighted by Crippen LogP contribution is 2.25. The molecular weight excluding hydrogens is 354 g/mol. The monoisotopic (exact) mass is 383 g/mol. The van der Waals surface area contributed by atoms with Crippen molar-refractivity contribution in [1.29, 1.82) is 0 Å². The van der Waals surface area contributed by atoms with E-state index in [1.54, 1.807) is 21.8 Å². The third-order valence-electron chi connectivity index (χ3n) is 5.18. The summed E-state index contributed by atoms with van der Waals surface area (Å²) in [5.74, 6) is 1.18. The number of rotatable bonds is 5. The number of nitrogens with one attached hydrogen (secondary N) is 1. The summed E-state index contributed by atoms with van der Waals surface area (Å²) in [7, 11) is -3.68. The number of aromatic nitrogens is 2. The van der Waals surface area contributed by atoms with Gasteiger partial charge in [-0.15, -0.1) is 0 Å². The summed E-state index contributed by atoms with van der Waals surface area (Å²) in [5.41, 5.74) is 0. The standard InChI is InChI=1S/C17H29N5O3S/c1-4-22-16(7-8-18-22)21-9-5-6-15(17(21)23)19-26(24,25)20-11-13(2)10-14(3)12-20/h7-8,13-15,19H,4-6,9-12H2,1-3H3/t13-,14+,15-/m0/s1. The van der Waals surface area contributed by atoms with Gasteiger partial charge < -0.3 is 0 Å². The van der Waals surface area contributed by atoms with Crippen molar-refractivity contribution in [3.63, 3.8) is 0 Å². The second-order valence-electron chi connectivity index (χ2n) is 7.58. The van der Waals surface area contributed by atoms with Crippen molar-refractivity contribution in [2.45, 2.75) is 52.6 Å². The van der Waals surface area contributed by atoms with Gasteiger partial charge >= 0.3 is 0 Å². The molecule has 9 heteroatoms. The molecule has 2 fully saturated rings. The van der Waals surface area contributed by atoms with Gasteiger partial charge in [0.1, 0.15) is 11.9 Å². The molecule has 3 atom stereocenters. The molecule has 3 heterocycles. The molecule has 1 amide bonds. The Bertz CT molecular complexity index is 737. The van der Waals surface area contributed by atoms with Crippen LogP contribution in [0.5, 0.6) is 0 Å². The molecule has 1 aromatic rings. The predicted octanol–water partition coefficient (Wildman–Crippen LogP) is 1.21. The second kappa shape index (κ2) is 7.66. The summed E-state index contributed by atoms with van der Waals surface area (Å²) in [4.78, 5) is 14.6. The van der Waals surface area contributed by atoms with Gasteiger partial charge in [-0.2, -0.15) is 22.5 Å². The van der Waals surface area contributed by atoms with Crippen molar-refractivity contribution in [1.82, 2.24) is 18.8 Å². The maximum absolute atomic E-state index is 12.9. The Labute approximate surface area is 155 Å². The molecule has 2 saturated heterocycles. The fraction of sp³-hybridized carbons (Fsp3) is 0.765.